The zero-order chi connectivity index (χ0) is 22.6. The van der Waals surface area contributed by atoms with Crippen LogP contribution in [0.4, 0.5) is 5.69 Å². The number of likely N-dealkylation sites (tertiary alicyclic amines) is 1. The average Bonchev–Trinajstić information content (AvgIpc) is 3.10. The first-order chi connectivity index (χ1) is 14.5. The maximum Gasteiger partial charge on any atom is 0.284 e. The molecule has 0 atom stereocenters. The lowest BCUT2D eigenvalue weighted by Gasteiger charge is -2.19. The standard InChI is InChI=1S/C23H29N3O4S/c1-23(2,3)17-10-12-19(13-11-17)30-16-22(27)24-18-7-5-8-20(15-18)31(28,29)25-21-9-6-14-26(21)4/h5,7-8,10-13,15H,6,9,14,16H2,1-4H3,(H,24,27). The van der Waals surface area contributed by atoms with Crippen molar-refractivity contribution in [2.45, 2.75) is 43.9 Å². The van der Waals surface area contributed by atoms with Crippen LogP contribution in [-0.4, -0.2) is 45.3 Å². The molecule has 1 amide bonds. The highest BCUT2D eigenvalue weighted by molar-refractivity contribution is 7.90. The highest BCUT2D eigenvalue weighted by Crippen LogP contribution is 2.24. The number of anilines is 1. The molecule has 0 bridgehead atoms. The molecule has 0 radical (unpaired) electrons. The van der Waals surface area contributed by atoms with E-state index < -0.39 is 10.0 Å². The molecule has 0 aliphatic carbocycles. The summed E-state index contributed by atoms with van der Waals surface area (Å²) in [5.74, 6) is 0.771. The summed E-state index contributed by atoms with van der Waals surface area (Å²) in [6.45, 7) is 7.00. The Hall–Kier alpha value is -2.87. The number of amides is 1. The molecule has 2 aromatic carbocycles. The van der Waals surface area contributed by atoms with E-state index in [1.807, 2.05) is 36.2 Å². The van der Waals surface area contributed by atoms with Crippen molar-refractivity contribution in [1.29, 1.82) is 0 Å². The molecule has 166 valence electrons. The van der Waals surface area contributed by atoms with Gasteiger partial charge in [0.25, 0.3) is 15.9 Å². The van der Waals surface area contributed by atoms with Crippen molar-refractivity contribution in [3.05, 3.63) is 54.1 Å². The summed E-state index contributed by atoms with van der Waals surface area (Å²) in [6.07, 6.45) is 1.53. The zero-order valence-electron chi connectivity index (χ0n) is 18.4. The van der Waals surface area contributed by atoms with Gasteiger partial charge in [-0.25, -0.2) is 0 Å². The van der Waals surface area contributed by atoms with Gasteiger partial charge < -0.3 is 15.0 Å². The second-order valence-electron chi connectivity index (χ2n) is 8.65. The van der Waals surface area contributed by atoms with Gasteiger partial charge in [-0.3, -0.25) is 4.79 Å². The van der Waals surface area contributed by atoms with Gasteiger partial charge in [0, 0.05) is 25.7 Å². The molecule has 1 aliphatic heterocycles. The van der Waals surface area contributed by atoms with Gasteiger partial charge in [-0.2, -0.15) is 8.42 Å². The van der Waals surface area contributed by atoms with Crippen LogP contribution >= 0.6 is 0 Å². The van der Waals surface area contributed by atoms with Crippen LogP contribution in [0.15, 0.2) is 57.8 Å². The summed E-state index contributed by atoms with van der Waals surface area (Å²) >= 11 is 0. The molecule has 1 fully saturated rings. The second kappa shape index (κ2) is 9.09. The molecule has 1 heterocycles. The fourth-order valence-corrected chi connectivity index (χ4v) is 4.37. The fraction of sp³-hybridized carbons (Fsp3) is 0.391. The molecular formula is C23H29N3O4S. The minimum atomic E-state index is -3.84. The third-order valence-electron chi connectivity index (χ3n) is 5.07. The van der Waals surface area contributed by atoms with Crippen LogP contribution in [0.1, 0.15) is 39.2 Å². The molecule has 0 aromatic heterocycles. The van der Waals surface area contributed by atoms with Gasteiger partial charge in [0.15, 0.2) is 6.61 Å². The van der Waals surface area contributed by atoms with Crippen molar-refractivity contribution < 1.29 is 17.9 Å². The number of benzene rings is 2. The Morgan fingerprint density at radius 1 is 1.16 bits per heavy atom. The Kier molecular flexibility index (Phi) is 6.69. The minimum absolute atomic E-state index is 0.0387. The van der Waals surface area contributed by atoms with E-state index in [1.165, 1.54) is 17.7 Å². The summed E-state index contributed by atoms with van der Waals surface area (Å²) in [6, 6.07) is 13.7. The summed E-state index contributed by atoms with van der Waals surface area (Å²) in [7, 11) is -2.01. The molecular weight excluding hydrogens is 414 g/mol. The topological polar surface area (TPSA) is 88.1 Å². The molecule has 7 nitrogen and oxygen atoms in total. The number of carbonyl (C=O) groups excluding carboxylic acids is 1. The van der Waals surface area contributed by atoms with E-state index in [9.17, 15) is 13.2 Å². The predicted molar refractivity (Wildman–Crippen MR) is 122 cm³/mol. The number of hydrogen-bond acceptors (Lipinski definition) is 4. The number of sulfonamides is 1. The van der Waals surface area contributed by atoms with Crippen molar-refractivity contribution in [3.63, 3.8) is 0 Å². The molecule has 0 saturated carbocycles. The molecule has 31 heavy (non-hydrogen) atoms. The lowest BCUT2D eigenvalue weighted by Crippen LogP contribution is -2.21. The Morgan fingerprint density at radius 3 is 2.48 bits per heavy atom. The van der Waals surface area contributed by atoms with Crippen molar-refractivity contribution in [3.8, 4) is 5.75 Å². The lowest BCUT2D eigenvalue weighted by molar-refractivity contribution is -0.118. The van der Waals surface area contributed by atoms with Crippen molar-refractivity contribution in [2.24, 2.45) is 4.40 Å². The van der Waals surface area contributed by atoms with E-state index in [4.69, 9.17) is 4.74 Å². The number of carbonyl (C=O) groups is 1. The van der Waals surface area contributed by atoms with Gasteiger partial charge >= 0.3 is 0 Å². The highest BCUT2D eigenvalue weighted by atomic mass is 32.2. The fourth-order valence-electron chi connectivity index (χ4n) is 3.23. The van der Waals surface area contributed by atoms with Crippen molar-refractivity contribution in [1.82, 2.24) is 4.90 Å². The van der Waals surface area contributed by atoms with Crippen LogP contribution in [-0.2, 0) is 20.2 Å². The first-order valence-electron chi connectivity index (χ1n) is 10.2. The molecule has 3 rings (SSSR count). The number of nitrogens with zero attached hydrogens (tertiary/aromatic N) is 2. The normalized spacial score (nSPS) is 15.9. The Balaban J connectivity index is 1.62. The second-order valence-corrected chi connectivity index (χ2v) is 10.3. The minimum Gasteiger partial charge on any atom is -0.484 e. The smallest absolute Gasteiger partial charge is 0.284 e. The van der Waals surface area contributed by atoms with Crippen LogP contribution in [0, 0.1) is 0 Å². The van der Waals surface area contributed by atoms with Gasteiger partial charge in [-0.1, -0.05) is 39.0 Å². The zero-order valence-corrected chi connectivity index (χ0v) is 19.2. The van der Waals surface area contributed by atoms with Gasteiger partial charge in [0.2, 0.25) is 0 Å². The third-order valence-corrected chi connectivity index (χ3v) is 6.37. The molecule has 1 aliphatic rings. The molecule has 1 N–H and O–H groups in total. The van der Waals surface area contributed by atoms with E-state index in [-0.39, 0.29) is 22.8 Å². The molecule has 2 aromatic rings. The van der Waals surface area contributed by atoms with Gasteiger partial charge in [-0.05, 0) is 47.7 Å². The van der Waals surface area contributed by atoms with Crippen LogP contribution in [0.2, 0.25) is 0 Å². The molecule has 1 saturated heterocycles. The largest absolute Gasteiger partial charge is 0.484 e. The maximum atomic E-state index is 12.6. The quantitative estimate of drug-likeness (QED) is 0.733. The number of nitrogens with one attached hydrogen (secondary N) is 1. The highest BCUT2D eigenvalue weighted by Gasteiger charge is 2.20. The van der Waals surface area contributed by atoms with Crippen molar-refractivity contribution >= 4 is 27.5 Å². The summed E-state index contributed by atoms with van der Waals surface area (Å²) in [5.41, 5.74) is 1.59. The first kappa shape index (κ1) is 22.8. The number of amidine groups is 1. The van der Waals surface area contributed by atoms with E-state index in [1.54, 1.807) is 12.1 Å². The van der Waals surface area contributed by atoms with Crippen molar-refractivity contribution in [2.75, 3.05) is 25.5 Å². The maximum absolute atomic E-state index is 12.6. The molecule has 0 unspecified atom stereocenters. The van der Waals surface area contributed by atoms with Crippen LogP contribution in [0.25, 0.3) is 0 Å². The van der Waals surface area contributed by atoms with Crippen LogP contribution in [0.3, 0.4) is 0 Å². The summed E-state index contributed by atoms with van der Waals surface area (Å²) < 4.78 is 34.8. The number of hydrogen-bond donors (Lipinski definition) is 1. The average molecular weight is 444 g/mol. The van der Waals surface area contributed by atoms with E-state index in [0.29, 0.717) is 23.7 Å². The summed E-state index contributed by atoms with van der Waals surface area (Å²) in [5, 5.41) is 2.68. The monoisotopic (exact) mass is 443 g/mol. The lowest BCUT2D eigenvalue weighted by atomic mass is 9.87. The number of rotatable bonds is 6. The van der Waals surface area contributed by atoms with E-state index in [0.717, 1.165) is 13.0 Å². The Bertz CT molecular complexity index is 1070. The number of ether oxygens (including phenoxy) is 1. The molecule has 8 heteroatoms. The van der Waals surface area contributed by atoms with Gasteiger partial charge in [0.05, 0.1) is 4.90 Å². The Labute approximate surface area is 184 Å². The van der Waals surface area contributed by atoms with Gasteiger partial charge in [-0.15, -0.1) is 4.40 Å². The van der Waals surface area contributed by atoms with Crippen LogP contribution < -0.4 is 10.1 Å². The Morgan fingerprint density at radius 2 is 1.87 bits per heavy atom. The molecule has 0 spiro atoms. The first-order valence-corrected chi connectivity index (χ1v) is 11.7. The third kappa shape index (κ3) is 6.07. The predicted octanol–water partition coefficient (Wildman–Crippen LogP) is 3.81. The SMILES string of the molecule is CN1CCCC1=NS(=O)(=O)c1cccc(NC(=O)COc2ccc(C(C)(C)C)cc2)c1. The summed E-state index contributed by atoms with van der Waals surface area (Å²) in [4.78, 5) is 14.2. The van der Waals surface area contributed by atoms with Gasteiger partial charge in [0.1, 0.15) is 11.6 Å². The van der Waals surface area contributed by atoms with E-state index >= 15 is 0 Å². The van der Waals surface area contributed by atoms with E-state index in [2.05, 4.69) is 30.5 Å². The van der Waals surface area contributed by atoms with Crippen LogP contribution in [0.5, 0.6) is 5.75 Å².